The molecule has 0 bridgehead atoms. The minimum absolute atomic E-state index is 0.0986. The number of hydrogen-bond acceptors (Lipinski definition) is 6. The van der Waals surface area contributed by atoms with Crippen LogP contribution >= 0.6 is 0 Å². The largest absolute Gasteiger partial charge is 0.484 e. The first kappa shape index (κ1) is 16.7. The van der Waals surface area contributed by atoms with Crippen LogP contribution < -0.4 is 9.64 Å². The average Bonchev–Trinajstić information content (AvgIpc) is 2.43. The fraction of sp³-hybridized carbons (Fsp3) is 0.500. The Kier molecular flexibility index (Phi) is 5.95. The van der Waals surface area contributed by atoms with Gasteiger partial charge in [0.05, 0.1) is 24.6 Å². The Hall–Kier alpha value is -2.31. The number of nitrogens with zero attached hydrogens (tertiary/aromatic N) is 2. The molecular formula is C14H20N2O5. The molecule has 7 nitrogen and oxygen atoms in total. The molecule has 116 valence electrons. The molecule has 0 saturated carbocycles. The summed E-state index contributed by atoms with van der Waals surface area (Å²) in [5, 5.41) is 11.3. The van der Waals surface area contributed by atoms with Crippen molar-refractivity contribution in [3.8, 4) is 5.75 Å². The van der Waals surface area contributed by atoms with Crippen molar-refractivity contribution in [2.24, 2.45) is 0 Å². The zero-order chi connectivity index (χ0) is 16.0. The molecule has 0 aliphatic heterocycles. The monoisotopic (exact) mass is 296 g/mol. The van der Waals surface area contributed by atoms with Crippen molar-refractivity contribution in [1.82, 2.24) is 0 Å². The topological polar surface area (TPSA) is 81.9 Å². The Bertz CT molecular complexity index is 516. The van der Waals surface area contributed by atoms with Crippen LogP contribution in [-0.4, -0.2) is 37.7 Å². The lowest BCUT2D eigenvalue weighted by atomic mass is 10.2. The molecule has 0 amide bonds. The summed E-state index contributed by atoms with van der Waals surface area (Å²) in [6.07, 6.45) is -0.0151. The molecular weight excluding hydrogens is 276 g/mol. The first-order valence-corrected chi connectivity index (χ1v) is 6.58. The van der Waals surface area contributed by atoms with Crippen molar-refractivity contribution >= 4 is 17.3 Å². The van der Waals surface area contributed by atoms with Gasteiger partial charge in [0.25, 0.3) is 0 Å². The highest BCUT2D eigenvalue weighted by molar-refractivity contribution is 5.72. The molecule has 1 aromatic carbocycles. The van der Waals surface area contributed by atoms with Crippen molar-refractivity contribution in [1.29, 1.82) is 0 Å². The van der Waals surface area contributed by atoms with Crippen LogP contribution in [-0.2, 0) is 9.53 Å². The number of rotatable bonds is 7. The van der Waals surface area contributed by atoms with Crippen molar-refractivity contribution in [3.05, 3.63) is 28.3 Å². The molecule has 7 heteroatoms. The molecule has 0 unspecified atom stereocenters. The lowest BCUT2D eigenvalue weighted by molar-refractivity contribution is -0.385. The van der Waals surface area contributed by atoms with E-state index in [0.29, 0.717) is 12.2 Å². The fourth-order valence-electron chi connectivity index (χ4n) is 1.83. The Labute approximate surface area is 123 Å². The van der Waals surface area contributed by atoms with Crippen LogP contribution in [0.3, 0.4) is 0 Å². The third-order valence-electron chi connectivity index (χ3n) is 2.81. The Balaban J connectivity index is 3.05. The Morgan fingerprint density at radius 1 is 1.43 bits per heavy atom. The van der Waals surface area contributed by atoms with Gasteiger partial charge >= 0.3 is 11.7 Å². The molecule has 1 rings (SSSR count). The zero-order valence-corrected chi connectivity index (χ0v) is 12.7. The Morgan fingerprint density at radius 2 is 2.10 bits per heavy atom. The predicted octanol–water partition coefficient (Wildman–Crippen LogP) is 2.38. The molecule has 0 aliphatic carbocycles. The fourth-order valence-corrected chi connectivity index (χ4v) is 1.83. The second-order valence-electron chi connectivity index (χ2n) is 4.80. The van der Waals surface area contributed by atoms with Gasteiger partial charge in [0.15, 0.2) is 5.75 Å². The molecule has 0 fully saturated rings. The highest BCUT2D eigenvalue weighted by atomic mass is 16.6. The first-order valence-electron chi connectivity index (χ1n) is 6.58. The van der Waals surface area contributed by atoms with E-state index in [1.165, 1.54) is 7.11 Å². The van der Waals surface area contributed by atoms with Crippen LogP contribution in [0.2, 0.25) is 0 Å². The van der Waals surface area contributed by atoms with E-state index in [4.69, 9.17) is 4.74 Å². The molecule has 1 aromatic rings. The number of carbonyl (C=O) groups excluding carboxylic acids is 1. The van der Waals surface area contributed by atoms with Gasteiger partial charge in [-0.25, -0.2) is 0 Å². The second kappa shape index (κ2) is 7.47. The van der Waals surface area contributed by atoms with Gasteiger partial charge in [-0.2, -0.15) is 0 Å². The average molecular weight is 296 g/mol. The van der Waals surface area contributed by atoms with E-state index in [1.807, 2.05) is 0 Å². The summed E-state index contributed by atoms with van der Waals surface area (Å²) < 4.78 is 10.1. The minimum atomic E-state index is -0.471. The number of carbonyl (C=O) groups is 1. The first-order chi connectivity index (χ1) is 9.86. The highest BCUT2D eigenvalue weighted by Crippen LogP contribution is 2.37. The summed E-state index contributed by atoms with van der Waals surface area (Å²) in [5.41, 5.74) is 0.306. The quantitative estimate of drug-likeness (QED) is 0.436. The standard InChI is InChI=1S/C14H20N2O5/c1-10(2)21-12-7-5-6-11(14(12)16(18)19)15(3)9-8-13(17)20-4/h5-7,10H,8-9H2,1-4H3. The summed E-state index contributed by atoms with van der Waals surface area (Å²) in [4.78, 5) is 23.7. The third kappa shape index (κ3) is 4.62. The van der Waals surface area contributed by atoms with Gasteiger partial charge in [-0.05, 0) is 26.0 Å². The van der Waals surface area contributed by atoms with Crippen LogP contribution in [0.4, 0.5) is 11.4 Å². The molecule has 0 N–H and O–H groups in total. The number of nitro benzene ring substituents is 1. The molecule has 0 aliphatic rings. The van der Waals surface area contributed by atoms with Gasteiger partial charge < -0.3 is 14.4 Å². The maximum absolute atomic E-state index is 11.3. The summed E-state index contributed by atoms with van der Waals surface area (Å²) in [6.45, 7) is 3.92. The van der Waals surface area contributed by atoms with E-state index in [9.17, 15) is 14.9 Å². The van der Waals surface area contributed by atoms with E-state index in [1.54, 1.807) is 44.0 Å². The number of ether oxygens (including phenoxy) is 2. The van der Waals surface area contributed by atoms with E-state index in [2.05, 4.69) is 4.74 Å². The van der Waals surface area contributed by atoms with Crippen LogP contribution in [0.15, 0.2) is 18.2 Å². The lowest BCUT2D eigenvalue weighted by Gasteiger charge is -2.20. The van der Waals surface area contributed by atoms with Crippen molar-refractivity contribution < 1.29 is 19.2 Å². The van der Waals surface area contributed by atoms with Crippen molar-refractivity contribution in [2.75, 3.05) is 25.6 Å². The number of benzene rings is 1. The summed E-state index contributed by atoms with van der Waals surface area (Å²) in [6, 6.07) is 4.88. The summed E-state index contributed by atoms with van der Waals surface area (Å²) in [5.74, 6) is -0.142. The molecule has 0 heterocycles. The highest BCUT2D eigenvalue weighted by Gasteiger charge is 2.24. The van der Waals surface area contributed by atoms with Crippen molar-refractivity contribution in [2.45, 2.75) is 26.4 Å². The van der Waals surface area contributed by atoms with Gasteiger partial charge in [0.2, 0.25) is 0 Å². The van der Waals surface area contributed by atoms with E-state index in [0.717, 1.165) is 0 Å². The van der Waals surface area contributed by atoms with E-state index in [-0.39, 0.29) is 29.9 Å². The van der Waals surface area contributed by atoms with Crippen LogP contribution in [0, 0.1) is 10.1 Å². The smallest absolute Gasteiger partial charge is 0.333 e. The van der Waals surface area contributed by atoms with Crippen LogP contribution in [0.5, 0.6) is 5.75 Å². The molecule has 21 heavy (non-hydrogen) atoms. The van der Waals surface area contributed by atoms with Crippen molar-refractivity contribution in [3.63, 3.8) is 0 Å². The van der Waals surface area contributed by atoms with Gasteiger partial charge in [-0.15, -0.1) is 0 Å². The number of anilines is 1. The molecule has 0 aromatic heterocycles. The maximum Gasteiger partial charge on any atom is 0.333 e. The SMILES string of the molecule is COC(=O)CCN(C)c1cccc(OC(C)C)c1[N+](=O)[O-]. The van der Waals surface area contributed by atoms with Gasteiger partial charge in [0, 0.05) is 13.6 Å². The summed E-state index contributed by atoms with van der Waals surface area (Å²) >= 11 is 0. The number of hydrogen-bond donors (Lipinski definition) is 0. The number of esters is 1. The molecule has 0 spiro atoms. The lowest BCUT2D eigenvalue weighted by Crippen LogP contribution is -2.22. The zero-order valence-electron chi connectivity index (χ0n) is 12.7. The van der Waals surface area contributed by atoms with Gasteiger partial charge in [-0.1, -0.05) is 6.07 Å². The molecule has 0 radical (unpaired) electrons. The molecule has 0 saturated heterocycles. The predicted molar refractivity (Wildman–Crippen MR) is 78.8 cm³/mol. The summed E-state index contributed by atoms with van der Waals surface area (Å²) in [7, 11) is 2.99. The molecule has 0 atom stereocenters. The number of para-hydroxylation sites is 1. The second-order valence-corrected chi connectivity index (χ2v) is 4.80. The van der Waals surface area contributed by atoms with E-state index < -0.39 is 4.92 Å². The Morgan fingerprint density at radius 3 is 2.62 bits per heavy atom. The van der Waals surface area contributed by atoms with Crippen LogP contribution in [0.1, 0.15) is 20.3 Å². The van der Waals surface area contributed by atoms with Gasteiger partial charge in [0.1, 0.15) is 5.69 Å². The minimum Gasteiger partial charge on any atom is -0.484 e. The van der Waals surface area contributed by atoms with Crippen LogP contribution in [0.25, 0.3) is 0 Å². The number of nitro groups is 1. The third-order valence-corrected chi connectivity index (χ3v) is 2.81. The van der Waals surface area contributed by atoms with Gasteiger partial charge in [-0.3, -0.25) is 14.9 Å². The van der Waals surface area contributed by atoms with E-state index >= 15 is 0 Å². The maximum atomic E-state index is 11.3. The normalized spacial score (nSPS) is 10.3. The number of methoxy groups -OCH3 is 1.